The van der Waals surface area contributed by atoms with Crippen LogP contribution in [0.1, 0.15) is 37.5 Å². The molecule has 0 fully saturated rings. The molecule has 0 saturated heterocycles. The molecule has 0 saturated carbocycles. The summed E-state index contributed by atoms with van der Waals surface area (Å²) in [5.41, 5.74) is 3.69. The van der Waals surface area contributed by atoms with Crippen LogP contribution in [-0.2, 0) is 13.1 Å². The highest BCUT2D eigenvalue weighted by Crippen LogP contribution is 2.08. The van der Waals surface area contributed by atoms with Gasteiger partial charge in [-0.25, -0.2) is 0 Å². The number of aryl methyl sites for hydroxylation is 1. The maximum Gasteiger partial charge on any atom is 0.270 e. The van der Waals surface area contributed by atoms with Gasteiger partial charge in [0.1, 0.15) is 5.69 Å². The molecule has 2 heterocycles. The lowest BCUT2D eigenvalue weighted by molar-refractivity contribution is 0.0946. The first-order valence-corrected chi connectivity index (χ1v) is 8.59. The van der Waals surface area contributed by atoms with Crippen LogP contribution in [0.15, 0.2) is 67.1 Å². The molecule has 2 N–H and O–H groups in total. The van der Waals surface area contributed by atoms with E-state index in [0.29, 0.717) is 18.7 Å². The number of hydrogen-bond acceptors (Lipinski definition) is 4. The second-order valence-corrected chi connectivity index (χ2v) is 6.08. The molecule has 3 rings (SSSR count). The first kappa shape index (κ1) is 18.3. The van der Waals surface area contributed by atoms with Crippen molar-refractivity contribution in [2.24, 2.45) is 0 Å². The molecular weight excluding hydrogens is 340 g/mol. The Kier molecular flexibility index (Phi) is 5.89. The number of carbonyl (C=O) groups is 2. The number of benzene rings is 1. The summed E-state index contributed by atoms with van der Waals surface area (Å²) in [6.45, 7) is 2.79. The van der Waals surface area contributed by atoms with E-state index in [1.807, 2.05) is 43.3 Å². The number of aromatic nitrogens is 2. The monoisotopic (exact) mass is 360 g/mol. The quantitative estimate of drug-likeness (QED) is 0.708. The lowest BCUT2D eigenvalue weighted by Crippen LogP contribution is -2.26. The van der Waals surface area contributed by atoms with Crippen LogP contribution in [0.25, 0.3) is 0 Å². The first-order valence-electron chi connectivity index (χ1n) is 8.59. The van der Waals surface area contributed by atoms with E-state index in [2.05, 4.69) is 20.6 Å². The van der Waals surface area contributed by atoms with Gasteiger partial charge in [-0.15, -0.1) is 0 Å². The zero-order chi connectivity index (χ0) is 19.1. The molecule has 0 unspecified atom stereocenters. The summed E-state index contributed by atoms with van der Waals surface area (Å²) in [7, 11) is 0. The fourth-order valence-electron chi connectivity index (χ4n) is 2.56. The molecule has 0 spiro atoms. The molecule has 0 bridgehead atoms. The van der Waals surface area contributed by atoms with Gasteiger partial charge in [-0.3, -0.25) is 19.6 Å². The van der Waals surface area contributed by atoms with Gasteiger partial charge in [-0.1, -0.05) is 24.3 Å². The molecule has 1 aromatic carbocycles. The van der Waals surface area contributed by atoms with Crippen molar-refractivity contribution in [3.05, 3.63) is 95.1 Å². The fraction of sp³-hybridized carbons (Fsp3) is 0.143. The molecule has 0 radical (unpaired) electrons. The summed E-state index contributed by atoms with van der Waals surface area (Å²) in [5.74, 6) is -0.579. The molecule has 2 aromatic heterocycles. The Balaban J connectivity index is 1.61. The van der Waals surface area contributed by atoms with Gasteiger partial charge >= 0.3 is 0 Å². The maximum absolute atomic E-state index is 12.4. The van der Waals surface area contributed by atoms with Gasteiger partial charge in [0.2, 0.25) is 0 Å². The summed E-state index contributed by atoms with van der Waals surface area (Å²) in [6, 6.07) is 14.6. The molecule has 0 atom stereocenters. The van der Waals surface area contributed by atoms with Crippen molar-refractivity contribution in [2.75, 3.05) is 0 Å². The molecule has 6 nitrogen and oxygen atoms in total. The van der Waals surface area contributed by atoms with E-state index in [-0.39, 0.29) is 17.5 Å². The summed E-state index contributed by atoms with van der Waals surface area (Å²) >= 11 is 0. The Labute approximate surface area is 157 Å². The number of amides is 2. The number of nitrogens with one attached hydrogen (secondary N) is 2. The highest BCUT2D eigenvalue weighted by molar-refractivity contribution is 5.98. The van der Waals surface area contributed by atoms with Gasteiger partial charge in [0.15, 0.2) is 0 Å². The van der Waals surface area contributed by atoms with Crippen LogP contribution in [0.2, 0.25) is 0 Å². The molecule has 0 aliphatic carbocycles. The largest absolute Gasteiger partial charge is 0.348 e. The minimum absolute atomic E-state index is 0.208. The summed E-state index contributed by atoms with van der Waals surface area (Å²) in [6.07, 6.45) is 4.81. The summed E-state index contributed by atoms with van der Waals surface area (Å²) < 4.78 is 0. The number of nitrogens with zero attached hydrogens (tertiary/aromatic N) is 2. The van der Waals surface area contributed by atoms with Crippen LogP contribution >= 0.6 is 0 Å². The predicted octanol–water partition coefficient (Wildman–Crippen LogP) is 2.65. The van der Waals surface area contributed by atoms with E-state index < -0.39 is 0 Å². The second kappa shape index (κ2) is 8.71. The zero-order valence-corrected chi connectivity index (χ0v) is 15.0. The molecular formula is C21H20N4O2. The van der Waals surface area contributed by atoms with Crippen LogP contribution in [0.4, 0.5) is 0 Å². The molecule has 2 amide bonds. The van der Waals surface area contributed by atoms with E-state index in [0.717, 1.165) is 16.7 Å². The number of carbonyl (C=O) groups excluding carboxylic acids is 2. The van der Waals surface area contributed by atoms with Crippen LogP contribution < -0.4 is 10.6 Å². The Morgan fingerprint density at radius 2 is 1.63 bits per heavy atom. The smallest absolute Gasteiger partial charge is 0.270 e. The third-order valence-electron chi connectivity index (χ3n) is 4.16. The van der Waals surface area contributed by atoms with E-state index in [4.69, 9.17) is 0 Å². The number of pyridine rings is 2. The van der Waals surface area contributed by atoms with Crippen molar-refractivity contribution < 1.29 is 9.59 Å². The van der Waals surface area contributed by atoms with E-state index >= 15 is 0 Å². The highest BCUT2D eigenvalue weighted by atomic mass is 16.2. The molecule has 3 aromatic rings. The summed E-state index contributed by atoms with van der Waals surface area (Å²) in [5, 5.41) is 5.66. The van der Waals surface area contributed by atoms with E-state index in [1.165, 1.54) is 12.3 Å². The number of hydrogen-bond donors (Lipinski definition) is 2. The SMILES string of the molecule is Cc1ccccc1CNC(=O)c1cc(C(=O)NCc2ccncc2)ccn1. The van der Waals surface area contributed by atoms with Crippen molar-refractivity contribution >= 4 is 11.8 Å². The minimum atomic E-state index is -0.318. The van der Waals surface area contributed by atoms with Gasteiger partial charge in [-0.2, -0.15) is 0 Å². The average molecular weight is 360 g/mol. The van der Waals surface area contributed by atoms with Crippen molar-refractivity contribution in [2.45, 2.75) is 20.0 Å². The highest BCUT2D eigenvalue weighted by Gasteiger charge is 2.12. The van der Waals surface area contributed by atoms with Crippen LogP contribution in [0.5, 0.6) is 0 Å². The Morgan fingerprint density at radius 1 is 0.889 bits per heavy atom. The van der Waals surface area contributed by atoms with E-state index in [9.17, 15) is 9.59 Å². The molecule has 27 heavy (non-hydrogen) atoms. The van der Waals surface area contributed by atoms with Crippen molar-refractivity contribution in [3.8, 4) is 0 Å². The molecule has 0 aliphatic heterocycles. The zero-order valence-electron chi connectivity index (χ0n) is 15.0. The lowest BCUT2D eigenvalue weighted by atomic mass is 10.1. The summed E-state index contributed by atoms with van der Waals surface area (Å²) in [4.78, 5) is 32.7. The standard InChI is InChI=1S/C21H20N4O2/c1-15-4-2-3-5-18(15)14-25-21(27)19-12-17(8-11-23-19)20(26)24-13-16-6-9-22-10-7-16/h2-12H,13-14H2,1H3,(H,24,26)(H,25,27). The average Bonchev–Trinajstić information content (AvgIpc) is 2.72. The Hall–Kier alpha value is -3.54. The topological polar surface area (TPSA) is 84.0 Å². The van der Waals surface area contributed by atoms with E-state index in [1.54, 1.807) is 18.5 Å². The van der Waals surface area contributed by atoms with Crippen LogP contribution in [0.3, 0.4) is 0 Å². The Morgan fingerprint density at radius 3 is 2.41 bits per heavy atom. The first-order chi connectivity index (χ1) is 13.1. The third kappa shape index (κ3) is 4.98. The maximum atomic E-state index is 12.4. The van der Waals surface area contributed by atoms with Crippen LogP contribution in [0, 0.1) is 6.92 Å². The van der Waals surface area contributed by atoms with Crippen molar-refractivity contribution in [1.29, 1.82) is 0 Å². The second-order valence-electron chi connectivity index (χ2n) is 6.08. The fourth-order valence-corrected chi connectivity index (χ4v) is 2.56. The van der Waals surface area contributed by atoms with Crippen molar-refractivity contribution in [1.82, 2.24) is 20.6 Å². The lowest BCUT2D eigenvalue weighted by Gasteiger charge is -2.09. The van der Waals surface area contributed by atoms with Gasteiger partial charge in [-0.05, 0) is 47.9 Å². The van der Waals surface area contributed by atoms with Gasteiger partial charge < -0.3 is 10.6 Å². The minimum Gasteiger partial charge on any atom is -0.348 e. The van der Waals surface area contributed by atoms with Crippen LogP contribution in [-0.4, -0.2) is 21.8 Å². The molecule has 136 valence electrons. The third-order valence-corrected chi connectivity index (χ3v) is 4.16. The van der Waals surface area contributed by atoms with Gasteiger partial charge in [0.25, 0.3) is 11.8 Å². The van der Waals surface area contributed by atoms with Gasteiger partial charge in [0, 0.05) is 37.2 Å². The van der Waals surface area contributed by atoms with Gasteiger partial charge in [0.05, 0.1) is 0 Å². The molecule has 6 heteroatoms. The van der Waals surface area contributed by atoms with Crippen molar-refractivity contribution in [3.63, 3.8) is 0 Å². The predicted molar refractivity (Wildman–Crippen MR) is 102 cm³/mol. The Bertz CT molecular complexity index is 942. The molecule has 0 aliphatic rings. The normalized spacial score (nSPS) is 10.3. The number of rotatable bonds is 6.